The van der Waals surface area contributed by atoms with E-state index >= 15 is 0 Å². The highest BCUT2D eigenvalue weighted by Crippen LogP contribution is 2.46. The smallest absolute Gasteiger partial charge is 0.373 e. The number of carbonyl (C=O) groups is 2. The Morgan fingerprint density at radius 2 is 1.76 bits per heavy atom. The average molecular weight is 559 g/mol. The molecular formula is C30H32Cl2O6. The molecule has 1 unspecified atom stereocenters. The maximum Gasteiger partial charge on any atom is 0.373 e. The van der Waals surface area contributed by atoms with Crippen molar-refractivity contribution in [3.63, 3.8) is 0 Å². The Morgan fingerprint density at radius 1 is 1.08 bits per heavy atom. The molecule has 0 saturated carbocycles. The molecule has 0 radical (unpaired) electrons. The summed E-state index contributed by atoms with van der Waals surface area (Å²) in [4.78, 5) is 35.5. The van der Waals surface area contributed by atoms with Crippen molar-refractivity contribution in [2.24, 2.45) is 5.41 Å². The summed E-state index contributed by atoms with van der Waals surface area (Å²) in [7, 11) is 0. The lowest BCUT2D eigenvalue weighted by molar-refractivity contribution is -0.278. The normalized spacial score (nSPS) is 23.4. The van der Waals surface area contributed by atoms with Crippen molar-refractivity contribution in [2.75, 3.05) is 0 Å². The number of aliphatic hydroxyl groups is 1. The largest absolute Gasteiger partial charge is 0.458 e. The van der Waals surface area contributed by atoms with Gasteiger partial charge >= 0.3 is 11.9 Å². The zero-order valence-electron chi connectivity index (χ0n) is 21.9. The number of hydrogen-bond acceptors (Lipinski definition) is 6. The van der Waals surface area contributed by atoms with Gasteiger partial charge in [-0.15, -0.1) is 0 Å². The van der Waals surface area contributed by atoms with Gasteiger partial charge in [-0.3, -0.25) is 9.68 Å². The molecule has 38 heavy (non-hydrogen) atoms. The molecule has 3 atom stereocenters. The number of ether oxygens (including phenoxy) is 1. The van der Waals surface area contributed by atoms with Crippen LogP contribution in [-0.4, -0.2) is 35.4 Å². The van der Waals surface area contributed by atoms with Crippen molar-refractivity contribution in [2.45, 2.75) is 71.7 Å². The molecule has 1 saturated heterocycles. The van der Waals surface area contributed by atoms with E-state index < -0.39 is 24.1 Å². The second-order valence-corrected chi connectivity index (χ2v) is 11.5. The van der Waals surface area contributed by atoms with Crippen LogP contribution in [0.5, 0.6) is 0 Å². The summed E-state index contributed by atoms with van der Waals surface area (Å²) in [5, 5.41) is 11.2. The van der Waals surface area contributed by atoms with Crippen molar-refractivity contribution in [3.8, 4) is 0 Å². The maximum absolute atomic E-state index is 12.7. The molecular weight excluding hydrogens is 527 g/mol. The number of rotatable bonds is 6. The fraction of sp³-hybridized carbons (Fsp3) is 0.400. The summed E-state index contributed by atoms with van der Waals surface area (Å²) in [6.07, 6.45) is 3.67. The van der Waals surface area contributed by atoms with E-state index in [1.54, 1.807) is 18.2 Å². The van der Waals surface area contributed by atoms with Gasteiger partial charge in [0.15, 0.2) is 0 Å². The van der Waals surface area contributed by atoms with Crippen molar-refractivity contribution in [1.82, 2.24) is 0 Å². The molecule has 0 bridgehead atoms. The van der Waals surface area contributed by atoms with Gasteiger partial charge in [-0.2, -0.15) is 4.89 Å². The minimum absolute atomic E-state index is 0.0150. The number of halogens is 2. The Morgan fingerprint density at radius 3 is 2.42 bits per heavy atom. The third-order valence-corrected chi connectivity index (χ3v) is 7.90. The van der Waals surface area contributed by atoms with E-state index in [1.165, 1.54) is 0 Å². The van der Waals surface area contributed by atoms with Crippen LogP contribution in [0.15, 0.2) is 54.1 Å². The van der Waals surface area contributed by atoms with Crippen molar-refractivity contribution in [3.05, 3.63) is 86.4 Å². The number of aryl methyl sites for hydroxylation is 2. The van der Waals surface area contributed by atoms with Gasteiger partial charge in [0.2, 0.25) is 0 Å². The van der Waals surface area contributed by atoms with E-state index in [4.69, 9.17) is 37.7 Å². The van der Waals surface area contributed by atoms with Gasteiger partial charge in [-0.25, -0.2) is 4.79 Å². The third kappa shape index (κ3) is 6.67. The van der Waals surface area contributed by atoms with E-state index in [0.717, 1.165) is 27.8 Å². The molecule has 1 aliphatic heterocycles. The summed E-state index contributed by atoms with van der Waals surface area (Å²) in [5.74, 6) is -0.992. The number of aliphatic hydroxyl groups excluding tert-OH is 1. The number of benzene rings is 2. The quantitative estimate of drug-likeness (QED) is 0.234. The van der Waals surface area contributed by atoms with E-state index in [9.17, 15) is 14.7 Å². The maximum atomic E-state index is 12.7. The number of cyclic esters (lactones) is 1. The van der Waals surface area contributed by atoms with Gasteiger partial charge in [0.05, 0.1) is 18.1 Å². The van der Waals surface area contributed by atoms with Gasteiger partial charge in [-0.05, 0) is 83.9 Å². The fourth-order valence-electron chi connectivity index (χ4n) is 5.06. The lowest BCUT2D eigenvalue weighted by atomic mass is 9.69. The van der Waals surface area contributed by atoms with E-state index in [1.807, 2.05) is 44.2 Å². The fourth-order valence-corrected chi connectivity index (χ4v) is 5.29. The van der Waals surface area contributed by atoms with Gasteiger partial charge in [0.25, 0.3) is 0 Å². The summed E-state index contributed by atoms with van der Waals surface area (Å²) < 4.78 is 5.42. The first-order valence-electron chi connectivity index (χ1n) is 12.6. The molecule has 1 aliphatic carbocycles. The Balaban J connectivity index is 1.61. The Kier molecular flexibility index (Phi) is 8.68. The minimum Gasteiger partial charge on any atom is -0.458 e. The van der Waals surface area contributed by atoms with Gasteiger partial charge in [0, 0.05) is 22.9 Å². The lowest BCUT2D eigenvalue weighted by Crippen LogP contribution is -2.32. The van der Waals surface area contributed by atoms with Crippen LogP contribution in [0.3, 0.4) is 0 Å². The molecule has 0 spiro atoms. The van der Waals surface area contributed by atoms with Crippen LogP contribution in [0.1, 0.15) is 66.6 Å². The molecule has 4 rings (SSSR count). The minimum atomic E-state index is -0.713. The third-order valence-electron chi connectivity index (χ3n) is 7.05. The zero-order valence-corrected chi connectivity index (χ0v) is 23.4. The molecule has 6 nitrogen and oxygen atoms in total. The number of carbonyl (C=O) groups excluding carboxylic acids is 2. The van der Waals surface area contributed by atoms with E-state index in [0.29, 0.717) is 34.9 Å². The molecule has 2 aliphatic rings. The standard InChI is InChI=1S/C30H32Cl2O6/c1-17-11-19(5-9-26(17)31)24-15-23(37-38-29(35)20-6-10-27(32)18(2)12-20)16-30(3,4)25(24)8-7-22-13-21(33)14-28(34)36-22/h5-12,21-23,33H,13-16H2,1-4H3/t21-,22-,23?/m0/s1. The van der Waals surface area contributed by atoms with Gasteiger partial charge in [-0.1, -0.05) is 55.3 Å². The summed E-state index contributed by atoms with van der Waals surface area (Å²) in [6, 6.07) is 10.8. The topological polar surface area (TPSA) is 82.1 Å². The number of hydrogen-bond donors (Lipinski definition) is 1. The molecule has 8 heteroatoms. The van der Waals surface area contributed by atoms with Crippen molar-refractivity contribution >= 4 is 40.7 Å². The van der Waals surface area contributed by atoms with E-state index in [-0.39, 0.29) is 17.9 Å². The summed E-state index contributed by atoms with van der Waals surface area (Å²) in [5.41, 5.74) is 4.75. The second kappa shape index (κ2) is 11.6. The predicted molar refractivity (Wildman–Crippen MR) is 147 cm³/mol. The molecule has 2 aromatic carbocycles. The predicted octanol–water partition coefficient (Wildman–Crippen LogP) is 6.96. The first kappa shape index (κ1) is 28.4. The second-order valence-electron chi connectivity index (χ2n) is 10.7. The van der Waals surface area contributed by atoms with Crippen LogP contribution >= 0.6 is 23.2 Å². The van der Waals surface area contributed by atoms with Crippen LogP contribution in [0.4, 0.5) is 0 Å². The van der Waals surface area contributed by atoms with E-state index in [2.05, 4.69) is 13.8 Å². The molecule has 0 amide bonds. The Bertz CT molecular complexity index is 1300. The highest BCUT2D eigenvalue weighted by molar-refractivity contribution is 6.31. The van der Waals surface area contributed by atoms with Crippen LogP contribution < -0.4 is 0 Å². The van der Waals surface area contributed by atoms with Crippen LogP contribution in [0, 0.1) is 19.3 Å². The average Bonchev–Trinajstić information content (AvgIpc) is 2.84. The Hall–Kier alpha value is -2.64. The van der Waals surface area contributed by atoms with Crippen LogP contribution in [-0.2, 0) is 19.3 Å². The molecule has 1 N–H and O–H groups in total. The molecule has 202 valence electrons. The lowest BCUT2D eigenvalue weighted by Gasteiger charge is -2.38. The first-order valence-corrected chi connectivity index (χ1v) is 13.4. The first-order chi connectivity index (χ1) is 17.9. The number of esters is 1. The highest BCUT2D eigenvalue weighted by Gasteiger charge is 2.37. The summed E-state index contributed by atoms with van der Waals surface area (Å²) in [6.45, 7) is 7.95. The van der Waals surface area contributed by atoms with Gasteiger partial charge < -0.3 is 9.84 Å². The van der Waals surface area contributed by atoms with Crippen LogP contribution in [0.2, 0.25) is 10.0 Å². The molecule has 1 heterocycles. The van der Waals surface area contributed by atoms with Crippen molar-refractivity contribution in [1.29, 1.82) is 0 Å². The number of allylic oxidation sites excluding steroid dienone is 2. The molecule has 2 aromatic rings. The Labute approximate surface area is 233 Å². The monoisotopic (exact) mass is 558 g/mol. The summed E-state index contributed by atoms with van der Waals surface area (Å²) >= 11 is 12.4. The highest BCUT2D eigenvalue weighted by atomic mass is 35.5. The molecule has 1 fully saturated rings. The van der Waals surface area contributed by atoms with Crippen LogP contribution in [0.25, 0.3) is 5.57 Å². The molecule has 0 aromatic heterocycles. The van der Waals surface area contributed by atoms with Gasteiger partial charge in [0.1, 0.15) is 12.2 Å². The van der Waals surface area contributed by atoms with Crippen molar-refractivity contribution < 1.29 is 29.2 Å². The SMILES string of the molecule is Cc1cc(C(=O)OOC2CC(c3ccc(Cl)c(C)c3)=C(C=C[C@H]3C[C@H](O)CC(=O)O3)C(C)(C)C2)ccc1Cl. The zero-order chi connectivity index (χ0) is 27.6.